The average molecular weight is 1190 g/mol. The smallest absolute Gasteiger partial charge is 0.333 e. The van der Waals surface area contributed by atoms with Crippen molar-refractivity contribution in [3.8, 4) is 0 Å². The Morgan fingerprint density at radius 3 is 1.73 bits per heavy atom. The molecule has 0 aromatic heterocycles. The van der Waals surface area contributed by atoms with Crippen molar-refractivity contribution in [2.75, 3.05) is 39.6 Å². The Labute approximate surface area is 483 Å². The van der Waals surface area contributed by atoms with Gasteiger partial charge in [0.05, 0.1) is 57.3 Å². The monoisotopic (exact) mass is 1190 g/mol. The fraction of sp³-hybridized carbons (Fsp3) is 0.914. The van der Waals surface area contributed by atoms with Gasteiger partial charge in [-0.1, -0.05) is 59.3 Å². The van der Waals surface area contributed by atoms with Crippen LogP contribution in [0.3, 0.4) is 0 Å². The number of allylic oxidation sites excluding steroid dienone is 3. The van der Waals surface area contributed by atoms with Crippen molar-refractivity contribution in [2.24, 2.45) is 50.2 Å². The molecule has 9 aliphatic rings. The molecule has 4 saturated carbocycles. The molecule has 83 heavy (non-hydrogen) atoms. The first-order chi connectivity index (χ1) is 39.0. The molecule has 4 aliphatic heterocycles. The number of aliphatic hydroxyl groups is 15. The number of aliphatic hydroxyl groups excluding tert-OH is 15. The molecule has 5 aliphatic carbocycles. The van der Waals surface area contributed by atoms with Crippen LogP contribution in [-0.2, 0) is 47.4 Å². The van der Waals surface area contributed by atoms with E-state index in [4.69, 9.17) is 42.6 Å². The van der Waals surface area contributed by atoms with E-state index in [1.165, 1.54) is 0 Å². The third-order valence-corrected chi connectivity index (χ3v) is 22.3. The van der Waals surface area contributed by atoms with Crippen LogP contribution in [0, 0.1) is 50.2 Å². The maximum Gasteiger partial charge on any atom is 0.333 e. The molecule has 4 heterocycles. The number of hydrogen-bond donors (Lipinski definition) is 15. The van der Waals surface area contributed by atoms with Gasteiger partial charge in [0.25, 0.3) is 0 Å². The second kappa shape index (κ2) is 24.4. The van der Waals surface area contributed by atoms with Gasteiger partial charge >= 0.3 is 5.97 Å². The summed E-state index contributed by atoms with van der Waals surface area (Å²) in [6.45, 7) is 12.5. The third-order valence-electron chi connectivity index (χ3n) is 22.3. The van der Waals surface area contributed by atoms with Gasteiger partial charge in [0.15, 0.2) is 25.2 Å². The maximum absolute atomic E-state index is 13.4. The summed E-state index contributed by atoms with van der Waals surface area (Å²) in [6, 6.07) is 0. The van der Waals surface area contributed by atoms with Crippen molar-refractivity contribution in [3.05, 3.63) is 23.3 Å². The normalized spacial score (nSPS) is 52.7. The van der Waals surface area contributed by atoms with Crippen LogP contribution >= 0.6 is 0 Å². The zero-order valence-electron chi connectivity index (χ0n) is 48.8. The predicted octanol–water partition coefficient (Wildman–Crippen LogP) is -2.49. The largest absolute Gasteiger partial charge is 0.458 e. The standard InChI is InChI=1S/C58H94O25/c1-9-25(2)48(74)79-36-18-53(3,4)16-27-26-10-11-33-54(5)14-13-35(55(6,23-62)32(54)12-15-56(33,7)57(26,8)17-34(65)58(27,36)24-63)80-52-47(83-50-44(73)42(71)39(68)30(20-60)77-50)45(40(69)31(21-61)78-52)81-51-46(37(66)28(64)22-75-51)82-49-43(72)41(70)38(67)29(19-59)76-49/h9-10,27-47,49-52,59-73H,11-24H2,1-8H3. The molecule has 0 aromatic carbocycles. The number of rotatable bonds is 15. The van der Waals surface area contributed by atoms with Crippen LogP contribution in [0.2, 0.25) is 0 Å². The summed E-state index contributed by atoms with van der Waals surface area (Å²) in [5.74, 6) is -1.04. The lowest BCUT2D eigenvalue weighted by atomic mass is 9.33. The Balaban J connectivity index is 1.03. The highest BCUT2D eigenvalue weighted by Crippen LogP contribution is 2.76. The molecule has 0 spiro atoms. The highest BCUT2D eigenvalue weighted by molar-refractivity contribution is 5.87. The Morgan fingerprint density at radius 1 is 0.602 bits per heavy atom. The van der Waals surface area contributed by atoms with Gasteiger partial charge in [-0.2, -0.15) is 0 Å². The van der Waals surface area contributed by atoms with Crippen molar-refractivity contribution < 1.29 is 124 Å². The molecule has 30 atom stereocenters. The first kappa shape index (κ1) is 65.5. The van der Waals surface area contributed by atoms with Crippen molar-refractivity contribution in [3.63, 3.8) is 0 Å². The van der Waals surface area contributed by atoms with Gasteiger partial charge in [0.1, 0.15) is 97.7 Å². The summed E-state index contributed by atoms with van der Waals surface area (Å²) < 4.78 is 55.5. The summed E-state index contributed by atoms with van der Waals surface area (Å²) in [5.41, 5.74) is -2.41. The minimum absolute atomic E-state index is 0.00637. The summed E-state index contributed by atoms with van der Waals surface area (Å²) in [4.78, 5) is 13.4. The zero-order valence-corrected chi connectivity index (χ0v) is 48.8. The quantitative estimate of drug-likeness (QED) is 0.0349. The number of ether oxygens (including phenoxy) is 9. The van der Waals surface area contributed by atoms with E-state index < -0.39 is 201 Å². The van der Waals surface area contributed by atoms with Crippen molar-refractivity contribution in [2.45, 2.75) is 242 Å². The molecule has 0 amide bonds. The first-order valence-corrected chi connectivity index (χ1v) is 29.6. The van der Waals surface area contributed by atoms with E-state index >= 15 is 0 Å². The Morgan fingerprint density at radius 2 is 1.17 bits per heavy atom. The molecule has 8 fully saturated rings. The number of fused-ring (bicyclic) bond motifs is 7. The van der Waals surface area contributed by atoms with E-state index in [9.17, 15) is 81.4 Å². The second-order valence-electron chi connectivity index (χ2n) is 27.3. The van der Waals surface area contributed by atoms with Crippen molar-refractivity contribution >= 4 is 5.97 Å². The Bertz CT molecular complexity index is 2320. The van der Waals surface area contributed by atoms with Crippen molar-refractivity contribution in [1.29, 1.82) is 0 Å². The molecule has 15 N–H and O–H groups in total. The fourth-order valence-corrected chi connectivity index (χ4v) is 17.1. The van der Waals surface area contributed by atoms with Crippen LogP contribution in [0.25, 0.3) is 0 Å². The molecule has 0 radical (unpaired) electrons. The molecule has 476 valence electrons. The van der Waals surface area contributed by atoms with Gasteiger partial charge in [0.2, 0.25) is 0 Å². The number of carbonyl (C=O) groups excluding carboxylic acids is 1. The van der Waals surface area contributed by atoms with Crippen LogP contribution in [0.5, 0.6) is 0 Å². The molecule has 30 unspecified atom stereocenters. The van der Waals surface area contributed by atoms with E-state index in [0.717, 1.165) is 5.57 Å². The lowest BCUT2D eigenvalue weighted by molar-refractivity contribution is -0.404. The summed E-state index contributed by atoms with van der Waals surface area (Å²) in [7, 11) is 0. The molecule has 9 rings (SSSR count). The van der Waals surface area contributed by atoms with Crippen LogP contribution in [-0.4, -0.2) is 257 Å². The van der Waals surface area contributed by atoms with E-state index in [1.807, 2.05) is 6.92 Å². The average Bonchev–Trinajstić information content (AvgIpc) is 0.863. The van der Waals surface area contributed by atoms with Gasteiger partial charge in [-0.25, -0.2) is 4.79 Å². The predicted molar refractivity (Wildman–Crippen MR) is 284 cm³/mol. The zero-order chi connectivity index (χ0) is 60.8. The number of hydrogen-bond acceptors (Lipinski definition) is 25. The third kappa shape index (κ3) is 10.8. The molecular weight excluding hydrogens is 1100 g/mol. The Kier molecular flexibility index (Phi) is 19.3. The highest BCUT2D eigenvalue weighted by atomic mass is 16.8. The van der Waals surface area contributed by atoms with Crippen LogP contribution in [0.1, 0.15) is 107 Å². The molecule has 0 bridgehead atoms. The molecule has 4 saturated heterocycles. The lowest BCUT2D eigenvalue weighted by Gasteiger charge is -2.72. The second-order valence-corrected chi connectivity index (χ2v) is 27.3. The van der Waals surface area contributed by atoms with Crippen LogP contribution < -0.4 is 0 Å². The molecule has 0 aromatic rings. The maximum atomic E-state index is 13.4. The lowest BCUT2D eigenvalue weighted by Crippen LogP contribution is -2.70. The summed E-state index contributed by atoms with van der Waals surface area (Å²) in [5, 5.41) is 166. The van der Waals surface area contributed by atoms with Gasteiger partial charge in [-0.15, -0.1) is 0 Å². The number of carbonyl (C=O) groups is 1. The van der Waals surface area contributed by atoms with Gasteiger partial charge in [0, 0.05) is 11.0 Å². The molecule has 25 nitrogen and oxygen atoms in total. The first-order valence-electron chi connectivity index (χ1n) is 29.6. The molecule has 25 heteroatoms. The van der Waals surface area contributed by atoms with E-state index in [0.29, 0.717) is 56.9 Å². The number of esters is 1. The van der Waals surface area contributed by atoms with Gasteiger partial charge in [-0.3, -0.25) is 0 Å². The van der Waals surface area contributed by atoms with Crippen molar-refractivity contribution in [1.82, 2.24) is 0 Å². The highest BCUT2D eigenvalue weighted by Gasteiger charge is 2.72. The van der Waals surface area contributed by atoms with E-state index in [-0.39, 0.29) is 29.8 Å². The topological polar surface area (TPSA) is 404 Å². The van der Waals surface area contributed by atoms with Gasteiger partial charge in [-0.05, 0) is 105 Å². The molecular formula is C58H94O25. The van der Waals surface area contributed by atoms with E-state index in [2.05, 4.69) is 40.7 Å². The summed E-state index contributed by atoms with van der Waals surface area (Å²) >= 11 is 0. The Hall–Kier alpha value is -1.97. The van der Waals surface area contributed by atoms with Gasteiger partial charge < -0.3 is 119 Å². The van der Waals surface area contributed by atoms with Crippen LogP contribution in [0.15, 0.2) is 23.3 Å². The summed E-state index contributed by atoms with van der Waals surface area (Å²) in [6.07, 6.45) is -28.8. The minimum atomic E-state index is -2.02. The van der Waals surface area contributed by atoms with E-state index in [1.54, 1.807) is 19.9 Å². The minimum Gasteiger partial charge on any atom is -0.458 e. The van der Waals surface area contributed by atoms with Crippen LogP contribution in [0.4, 0.5) is 0 Å². The SMILES string of the molecule is CC=C(C)C(=O)OC1CC(C)(C)CC2C3=CCC4C5(C)CCC(OC6OC(CO)C(O)C(OC7OCC(O)C(O)C7OC7OC(CO)C(O)C(O)C7O)C6OC6OC(CO)C(O)C(O)C6O)C(C)(CO)C5CCC4(C)C3(C)CC(O)C12CO. The fourth-order valence-electron chi connectivity index (χ4n) is 17.1.